The van der Waals surface area contributed by atoms with Crippen LogP contribution in [0, 0.1) is 5.41 Å². The van der Waals surface area contributed by atoms with Gasteiger partial charge in [0.25, 0.3) is 0 Å². The average Bonchev–Trinajstić information content (AvgIpc) is 2.14. The molecule has 1 unspecified atom stereocenters. The topological polar surface area (TPSA) is 49.4 Å². The minimum absolute atomic E-state index is 0.202. The van der Waals surface area contributed by atoms with Crippen molar-refractivity contribution >= 4 is 9.84 Å². The number of nitrogens with one attached hydrogen (secondary N) is 1. The fourth-order valence-corrected chi connectivity index (χ4v) is 2.61. The highest BCUT2D eigenvalue weighted by atomic mass is 32.2. The summed E-state index contributed by atoms with van der Waals surface area (Å²) in [7, 11) is -3.02. The maximum absolute atomic E-state index is 11.8. The second-order valence-corrected chi connectivity index (χ2v) is 9.79. The molecule has 1 saturated heterocycles. The van der Waals surface area contributed by atoms with Gasteiger partial charge in [0.2, 0.25) is 0 Å². The van der Waals surface area contributed by atoms with Gasteiger partial charge >= 0.3 is 0 Å². The van der Waals surface area contributed by atoms with Crippen molar-refractivity contribution in [2.75, 3.05) is 32.4 Å². The molecule has 0 aliphatic carbocycles. The lowest BCUT2D eigenvalue weighted by molar-refractivity contribution is 0.127. The summed E-state index contributed by atoms with van der Waals surface area (Å²) in [6.45, 7) is 13.7. The van der Waals surface area contributed by atoms with Crippen molar-refractivity contribution in [3.8, 4) is 0 Å². The van der Waals surface area contributed by atoms with E-state index in [2.05, 4.69) is 31.0 Å². The molecule has 0 spiro atoms. The molecule has 0 aromatic rings. The third-order valence-corrected chi connectivity index (χ3v) is 6.05. The van der Waals surface area contributed by atoms with E-state index in [1.165, 1.54) is 6.26 Å². The Morgan fingerprint density at radius 1 is 1.22 bits per heavy atom. The maximum atomic E-state index is 11.8. The standard InChI is InChI=1S/C13H28N2O2S/c1-12(2,3)11-9-15(8-7-14-11)10-13(4,5)18(6,16)17/h11,14H,7-10H2,1-6H3. The van der Waals surface area contributed by atoms with Crippen LogP contribution < -0.4 is 5.32 Å². The molecule has 18 heavy (non-hydrogen) atoms. The summed E-state index contributed by atoms with van der Waals surface area (Å²) < 4.78 is 22.9. The number of piperazine rings is 1. The van der Waals surface area contributed by atoms with Gasteiger partial charge in [-0.05, 0) is 19.3 Å². The van der Waals surface area contributed by atoms with Crippen LogP contribution in [0.1, 0.15) is 34.6 Å². The highest BCUT2D eigenvalue weighted by Crippen LogP contribution is 2.24. The molecule has 0 aromatic heterocycles. The Kier molecular flexibility index (Phi) is 4.51. The minimum Gasteiger partial charge on any atom is -0.311 e. The van der Waals surface area contributed by atoms with Crippen LogP contribution in [0.15, 0.2) is 0 Å². The Labute approximate surface area is 112 Å². The summed E-state index contributed by atoms with van der Waals surface area (Å²) in [5, 5.41) is 3.52. The molecule has 1 heterocycles. The summed E-state index contributed by atoms with van der Waals surface area (Å²) in [6, 6.07) is 0.418. The molecule has 0 saturated carbocycles. The number of rotatable bonds is 3. The molecule has 1 aliphatic rings. The van der Waals surface area contributed by atoms with E-state index in [-0.39, 0.29) is 5.41 Å². The molecule has 0 amide bonds. The molecule has 5 heteroatoms. The molecule has 1 aliphatic heterocycles. The first-order valence-corrected chi connectivity index (χ1v) is 8.48. The first-order valence-electron chi connectivity index (χ1n) is 6.59. The minimum atomic E-state index is -3.02. The molecule has 1 N–H and O–H groups in total. The van der Waals surface area contributed by atoms with Gasteiger partial charge in [-0.25, -0.2) is 8.42 Å². The lowest BCUT2D eigenvalue weighted by atomic mass is 9.85. The van der Waals surface area contributed by atoms with Crippen molar-refractivity contribution in [1.82, 2.24) is 10.2 Å². The number of hydrogen-bond acceptors (Lipinski definition) is 4. The quantitative estimate of drug-likeness (QED) is 0.839. The van der Waals surface area contributed by atoms with Crippen LogP contribution in [0.5, 0.6) is 0 Å². The van der Waals surface area contributed by atoms with E-state index in [0.29, 0.717) is 12.6 Å². The van der Waals surface area contributed by atoms with E-state index >= 15 is 0 Å². The summed E-state index contributed by atoms with van der Waals surface area (Å²) in [6.07, 6.45) is 1.33. The van der Waals surface area contributed by atoms with Crippen molar-refractivity contribution in [3.05, 3.63) is 0 Å². The summed E-state index contributed by atoms with van der Waals surface area (Å²) >= 11 is 0. The van der Waals surface area contributed by atoms with Gasteiger partial charge < -0.3 is 5.32 Å². The van der Waals surface area contributed by atoms with Gasteiger partial charge in [-0.3, -0.25) is 4.90 Å². The zero-order chi connectivity index (χ0) is 14.2. The van der Waals surface area contributed by atoms with Crippen molar-refractivity contribution < 1.29 is 8.42 Å². The van der Waals surface area contributed by atoms with Crippen LogP contribution in [0.4, 0.5) is 0 Å². The van der Waals surface area contributed by atoms with Gasteiger partial charge in [-0.1, -0.05) is 20.8 Å². The Morgan fingerprint density at radius 3 is 2.22 bits per heavy atom. The lowest BCUT2D eigenvalue weighted by Gasteiger charge is -2.42. The lowest BCUT2D eigenvalue weighted by Crippen LogP contribution is -2.58. The molecule has 0 radical (unpaired) electrons. The van der Waals surface area contributed by atoms with E-state index in [4.69, 9.17) is 0 Å². The zero-order valence-corrected chi connectivity index (χ0v) is 13.4. The van der Waals surface area contributed by atoms with E-state index < -0.39 is 14.6 Å². The number of sulfone groups is 1. The fourth-order valence-electron chi connectivity index (χ4n) is 2.19. The number of nitrogens with zero attached hydrogens (tertiary/aromatic N) is 1. The van der Waals surface area contributed by atoms with Gasteiger partial charge in [0.1, 0.15) is 0 Å². The largest absolute Gasteiger partial charge is 0.311 e. The highest BCUT2D eigenvalue weighted by Gasteiger charge is 2.36. The third kappa shape index (κ3) is 3.93. The first-order chi connectivity index (χ1) is 7.93. The predicted molar refractivity (Wildman–Crippen MR) is 76.6 cm³/mol. The molecular formula is C13H28N2O2S. The molecule has 4 nitrogen and oxygen atoms in total. The second kappa shape index (κ2) is 5.10. The molecule has 1 atom stereocenters. The normalized spacial score (nSPS) is 24.2. The van der Waals surface area contributed by atoms with Crippen molar-refractivity contribution in [1.29, 1.82) is 0 Å². The molecule has 0 bridgehead atoms. The van der Waals surface area contributed by atoms with Crippen molar-refractivity contribution in [3.63, 3.8) is 0 Å². The molecule has 0 aromatic carbocycles. The van der Waals surface area contributed by atoms with E-state index in [1.807, 2.05) is 13.8 Å². The van der Waals surface area contributed by atoms with Gasteiger partial charge in [0, 0.05) is 38.5 Å². The van der Waals surface area contributed by atoms with Crippen LogP contribution in [0.25, 0.3) is 0 Å². The number of hydrogen-bond donors (Lipinski definition) is 1. The molecular weight excluding hydrogens is 248 g/mol. The van der Waals surface area contributed by atoms with Crippen LogP contribution in [0.3, 0.4) is 0 Å². The van der Waals surface area contributed by atoms with Crippen molar-refractivity contribution in [2.45, 2.75) is 45.4 Å². The highest BCUT2D eigenvalue weighted by molar-refractivity contribution is 7.92. The molecule has 1 fully saturated rings. The Hall–Kier alpha value is -0.130. The monoisotopic (exact) mass is 276 g/mol. The van der Waals surface area contributed by atoms with Crippen LogP contribution in [-0.4, -0.2) is 56.5 Å². The fraction of sp³-hybridized carbons (Fsp3) is 1.00. The Morgan fingerprint density at radius 2 is 1.78 bits per heavy atom. The van der Waals surface area contributed by atoms with Crippen LogP contribution in [-0.2, 0) is 9.84 Å². The summed E-state index contributed by atoms with van der Waals surface area (Å²) in [5.41, 5.74) is 0.202. The van der Waals surface area contributed by atoms with Gasteiger partial charge in [-0.2, -0.15) is 0 Å². The Bertz CT molecular complexity index is 382. The smallest absolute Gasteiger partial charge is 0.153 e. The van der Waals surface area contributed by atoms with Crippen LogP contribution in [0.2, 0.25) is 0 Å². The SMILES string of the molecule is CC(C)(C)C1CN(CC(C)(C)S(C)(=O)=O)CCN1. The van der Waals surface area contributed by atoms with Gasteiger partial charge in [0.05, 0.1) is 4.75 Å². The Balaban J connectivity index is 2.70. The van der Waals surface area contributed by atoms with Gasteiger partial charge in [-0.15, -0.1) is 0 Å². The van der Waals surface area contributed by atoms with Crippen LogP contribution >= 0.6 is 0 Å². The van der Waals surface area contributed by atoms with Crippen molar-refractivity contribution in [2.24, 2.45) is 5.41 Å². The van der Waals surface area contributed by atoms with Gasteiger partial charge in [0.15, 0.2) is 9.84 Å². The molecule has 1 rings (SSSR count). The van der Waals surface area contributed by atoms with E-state index in [0.717, 1.165) is 19.6 Å². The van der Waals surface area contributed by atoms with E-state index in [9.17, 15) is 8.42 Å². The predicted octanol–water partition coefficient (Wildman–Crippen LogP) is 1.13. The first kappa shape index (κ1) is 15.9. The third-order valence-electron chi connectivity index (χ3n) is 3.91. The zero-order valence-electron chi connectivity index (χ0n) is 12.6. The average molecular weight is 276 g/mol. The molecule has 108 valence electrons. The summed E-state index contributed by atoms with van der Waals surface area (Å²) in [5.74, 6) is 0. The second-order valence-electron chi connectivity index (χ2n) is 7.14. The summed E-state index contributed by atoms with van der Waals surface area (Å²) in [4.78, 5) is 2.27. The maximum Gasteiger partial charge on any atom is 0.153 e. The van der Waals surface area contributed by atoms with E-state index in [1.54, 1.807) is 0 Å².